The van der Waals surface area contributed by atoms with Crippen LogP contribution in [0.1, 0.15) is 28.2 Å². The molecule has 0 spiro atoms. The van der Waals surface area contributed by atoms with E-state index in [-0.39, 0.29) is 5.92 Å². The average molecular weight is 348 g/mol. The summed E-state index contributed by atoms with van der Waals surface area (Å²) < 4.78 is 2.22. The maximum atomic E-state index is 2.30. The lowest BCUT2D eigenvalue weighted by Gasteiger charge is -2.19. The minimum Gasteiger partial charge on any atom is -0.201 e. The fraction of sp³-hybridized carbons (Fsp3) is 0.115. The molecule has 27 heavy (non-hydrogen) atoms. The number of fused-ring (bicyclic) bond motifs is 3. The molecule has 3 aromatic carbocycles. The van der Waals surface area contributed by atoms with Gasteiger partial charge in [0.2, 0.25) is 5.69 Å². The van der Waals surface area contributed by atoms with Crippen LogP contribution in [0.5, 0.6) is 0 Å². The Labute approximate surface area is 160 Å². The smallest absolute Gasteiger partial charge is 0.201 e. The van der Waals surface area contributed by atoms with Gasteiger partial charge in [0.05, 0.1) is 5.56 Å². The molecule has 5 rings (SSSR count). The lowest BCUT2D eigenvalue weighted by Crippen LogP contribution is -2.30. The fourth-order valence-electron chi connectivity index (χ4n) is 4.55. The van der Waals surface area contributed by atoms with Crippen molar-refractivity contribution in [1.29, 1.82) is 0 Å². The molecule has 0 saturated carbocycles. The van der Waals surface area contributed by atoms with E-state index >= 15 is 0 Å². The van der Waals surface area contributed by atoms with Crippen LogP contribution in [0.3, 0.4) is 0 Å². The summed E-state index contributed by atoms with van der Waals surface area (Å²) in [4.78, 5) is 0. The summed E-state index contributed by atoms with van der Waals surface area (Å²) in [6.45, 7) is 2.22. The first-order chi connectivity index (χ1) is 13.3. The Kier molecular flexibility index (Phi) is 3.68. The second-order valence-electron chi connectivity index (χ2n) is 7.34. The van der Waals surface area contributed by atoms with Gasteiger partial charge in [0.15, 0.2) is 6.20 Å². The van der Waals surface area contributed by atoms with Crippen LogP contribution in [-0.4, -0.2) is 0 Å². The lowest BCUT2D eigenvalue weighted by molar-refractivity contribution is -0.660. The second-order valence-corrected chi connectivity index (χ2v) is 7.34. The molecule has 0 aliphatic heterocycles. The standard InChI is InChI=1S/C26H22N/c1-18-10-9-15-23(25(18)24-16-7-8-17-27(24)2)26-21-13-5-3-11-19(21)20-12-4-6-14-22(20)26/h3-17,26H,1-2H3/q+1. The quantitative estimate of drug-likeness (QED) is 0.363. The molecule has 1 heterocycles. The maximum Gasteiger partial charge on any atom is 0.212 e. The Morgan fingerprint density at radius 2 is 1.22 bits per heavy atom. The Bertz CT molecular complexity index is 1110. The van der Waals surface area contributed by atoms with E-state index in [0.29, 0.717) is 0 Å². The zero-order chi connectivity index (χ0) is 18.4. The van der Waals surface area contributed by atoms with Crippen LogP contribution in [0, 0.1) is 6.92 Å². The molecule has 1 aliphatic rings. The minimum atomic E-state index is 0.271. The zero-order valence-electron chi connectivity index (χ0n) is 15.7. The first-order valence-electron chi connectivity index (χ1n) is 9.48. The van der Waals surface area contributed by atoms with Gasteiger partial charge in [-0.05, 0) is 46.4 Å². The number of hydrogen-bond donors (Lipinski definition) is 0. The van der Waals surface area contributed by atoms with Crippen LogP contribution in [0.2, 0.25) is 0 Å². The molecule has 130 valence electrons. The molecular weight excluding hydrogens is 326 g/mol. The van der Waals surface area contributed by atoms with Crippen molar-refractivity contribution in [2.75, 3.05) is 0 Å². The monoisotopic (exact) mass is 348 g/mol. The number of aryl methyl sites for hydroxylation is 2. The van der Waals surface area contributed by atoms with E-state index in [1.165, 1.54) is 44.6 Å². The predicted octanol–water partition coefficient (Wildman–Crippen LogP) is 5.65. The third kappa shape index (κ3) is 2.43. The van der Waals surface area contributed by atoms with E-state index in [1.54, 1.807) is 0 Å². The topological polar surface area (TPSA) is 3.88 Å². The van der Waals surface area contributed by atoms with Crippen LogP contribution in [0.15, 0.2) is 91.1 Å². The highest BCUT2D eigenvalue weighted by Gasteiger charge is 2.32. The van der Waals surface area contributed by atoms with E-state index in [2.05, 4.69) is 110 Å². The van der Waals surface area contributed by atoms with Crippen LogP contribution in [-0.2, 0) is 7.05 Å². The van der Waals surface area contributed by atoms with Crippen LogP contribution >= 0.6 is 0 Å². The van der Waals surface area contributed by atoms with Crippen molar-refractivity contribution in [2.45, 2.75) is 12.8 Å². The first-order valence-corrected chi connectivity index (χ1v) is 9.48. The van der Waals surface area contributed by atoms with Gasteiger partial charge in [0.25, 0.3) is 0 Å². The second kappa shape index (κ2) is 6.21. The molecule has 1 aliphatic carbocycles. The highest BCUT2D eigenvalue weighted by atomic mass is 14.9. The molecule has 0 amide bonds. The van der Waals surface area contributed by atoms with E-state index in [9.17, 15) is 0 Å². The largest absolute Gasteiger partial charge is 0.212 e. The van der Waals surface area contributed by atoms with Crippen molar-refractivity contribution >= 4 is 0 Å². The maximum absolute atomic E-state index is 2.30. The van der Waals surface area contributed by atoms with Crippen molar-refractivity contribution in [1.82, 2.24) is 0 Å². The van der Waals surface area contributed by atoms with Gasteiger partial charge in [-0.1, -0.05) is 66.7 Å². The molecule has 4 aromatic rings. The van der Waals surface area contributed by atoms with Gasteiger partial charge in [0.1, 0.15) is 7.05 Å². The number of benzene rings is 3. The van der Waals surface area contributed by atoms with Crippen molar-refractivity contribution < 1.29 is 4.57 Å². The van der Waals surface area contributed by atoms with Gasteiger partial charge >= 0.3 is 0 Å². The fourth-order valence-corrected chi connectivity index (χ4v) is 4.55. The molecule has 0 fully saturated rings. The molecule has 1 nitrogen and oxygen atoms in total. The van der Waals surface area contributed by atoms with Gasteiger partial charge in [-0.15, -0.1) is 0 Å². The van der Waals surface area contributed by atoms with Gasteiger partial charge in [-0.3, -0.25) is 0 Å². The Balaban J connectivity index is 1.83. The van der Waals surface area contributed by atoms with Crippen LogP contribution in [0.25, 0.3) is 22.4 Å². The van der Waals surface area contributed by atoms with E-state index in [1.807, 2.05) is 0 Å². The van der Waals surface area contributed by atoms with E-state index in [4.69, 9.17) is 0 Å². The van der Waals surface area contributed by atoms with Crippen molar-refractivity contribution in [3.8, 4) is 22.4 Å². The Morgan fingerprint density at radius 3 is 1.89 bits per heavy atom. The Hall–Kier alpha value is -3.19. The van der Waals surface area contributed by atoms with E-state index < -0.39 is 0 Å². The zero-order valence-corrected chi connectivity index (χ0v) is 15.7. The molecule has 1 aromatic heterocycles. The summed E-state index contributed by atoms with van der Waals surface area (Å²) in [5, 5.41) is 0. The molecular formula is C26H22N+. The molecule has 0 N–H and O–H groups in total. The minimum absolute atomic E-state index is 0.271. The van der Waals surface area contributed by atoms with Crippen molar-refractivity contribution in [3.05, 3.63) is 113 Å². The van der Waals surface area contributed by atoms with Crippen molar-refractivity contribution in [2.24, 2.45) is 7.05 Å². The van der Waals surface area contributed by atoms with E-state index in [0.717, 1.165) is 0 Å². The molecule has 0 saturated heterocycles. The van der Waals surface area contributed by atoms with Gasteiger partial charge in [0, 0.05) is 18.1 Å². The third-order valence-corrected chi connectivity index (χ3v) is 5.76. The number of hydrogen-bond acceptors (Lipinski definition) is 0. The normalized spacial score (nSPS) is 12.7. The summed E-state index contributed by atoms with van der Waals surface area (Å²) in [6.07, 6.45) is 2.13. The van der Waals surface area contributed by atoms with Gasteiger partial charge < -0.3 is 0 Å². The summed E-state index contributed by atoms with van der Waals surface area (Å²) in [5.41, 5.74) is 10.8. The highest BCUT2D eigenvalue weighted by Crippen LogP contribution is 2.49. The number of nitrogens with zero attached hydrogens (tertiary/aromatic N) is 1. The molecule has 1 heteroatoms. The first kappa shape index (κ1) is 16.0. The predicted molar refractivity (Wildman–Crippen MR) is 111 cm³/mol. The van der Waals surface area contributed by atoms with Gasteiger partial charge in [-0.2, -0.15) is 0 Å². The summed E-state index contributed by atoms with van der Waals surface area (Å²) in [7, 11) is 2.13. The number of aromatic nitrogens is 1. The number of pyridine rings is 1. The molecule has 0 unspecified atom stereocenters. The molecule has 0 atom stereocenters. The summed E-state index contributed by atoms with van der Waals surface area (Å²) >= 11 is 0. The summed E-state index contributed by atoms with van der Waals surface area (Å²) in [6, 6.07) is 30.9. The highest BCUT2D eigenvalue weighted by molar-refractivity contribution is 5.83. The van der Waals surface area contributed by atoms with Crippen molar-refractivity contribution in [3.63, 3.8) is 0 Å². The Morgan fingerprint density at radius 1 is 0.630 bits per heavy atom. The number of rotatable bonds is 2. The summed E-state index contributed by atoms with van der Waals surface area (Å²) in [5.74, 6) is 0.271. The SMILES string of the molecule is Cc1cccc(C2c3ccccc3-c3ccccc32)c1-c1cccc[n+]1C. The van der Waals surface area contributed by atoms with Gasteiger partial charge in [-0.25, -0.2) is 4.57 Å². The van der Waals surface area contributed by atoms with Crippen LogP contribution in [0.4, 0.5) is 0 Å². The third-order valence-electron chi connectivity index (χ3n) is 5.76. The van der Waals surface area contributed by atoms with Crippen LogP contribution < -0.4 is 4.57 Å². The molecule has 0 bridgehead atoms. The lowest BCUT2D eigenvalue weighted by atomic mass is 9.84. The molecule has 0 radical (unpaired) electrons. The average Bonchev–Trinajstić information content (AvgIpc) is 3.03.